The first kappa shape index (κ1) is 16.9. The Morgan fingerprint density at radius 1 is 1.16 bits per heavy atom. The lowest BCUT2D eigenvalue weighted by atomic mass is 10.2. The van der Waals surface area contributed by atoms with Gasteiger partial charge in [0.25, 0.3) is 5.70 Å². The van der Waals surface area contributed by atoms with Gasteiger partial charge in [-0.2, -0.15) is 0 Å². The van der Waals surface area contributed by atoms with E-state index in [1.54, 1.807) is 17.8 Å². The molecule has 0 N–H and O–H groups in total. The molecule has 0 aliphatic carbocycles. The van der Waals surface area contributed by atoms with Crippen LogP contribution >= 0.6 is 11.8 Å². The van der Waals surface area contributed by atoms with Gasteiger partial charge < -0.3 is 9.80 Å². The lowest BCUT2D eigenvalue weighted by molar-refractivity contribution is 1.04. The van der Waals surface area contributed by atoms with Crippen molar-refractivity contribution >= 4 is 34.5 Å². The predicted molar refractivity (Wildman–Crippen MR) is 102 cm³/mol. The Kier molecular flexibility index (Phi) is 4.39. The first-order valence-corrected chi connectivity index (χ1v) is 8.48. The second kappa shape index (κ2) is 6.51. The lowest BCUT2D eigenvalue weighted by Crippen LogP contribution is -2.19. The highest BCUT2D eigenvalue weighted by atomic mass is 32.2. The largest absolute Gasteiger partial charge is 0.376 e. The fraction of sp³-hybridized carbons (Fsp3) is 0.211. The van der Waals surface area contributed by atoms with Crippen LogP contribution in [0, 0.1) is 17.9 Å². The Balaban J connectivity index is 2.27. The van der Waals surface area contributed by atoms with Crippen LogP contribution < -0.4 is 20.4 Å². The van der Waals surface area contributed by atoms with Gasteiger partial charge >= 0.3 is 0 Å². The average molecular weight is 347 g/mol. The van der Waals surface area contributed by atoms with Gasteiger partial charge in [0.2, 0.25) is 0 Å². The van der Waals surface area contributed by atoms with Gasteiger partial charge in [-0.3, -0.25) is 0 Å². The zero-order valence-electron chi connectivity index (χ0n) is 14.5. The van der Waals surface area contributed by atoms with Crippen molar-refractivity contribution < 1.29 is 0 Å². The van der Waals surface area contributed by atoms with E-state index in [9.17, 15) is 0 Å². The van der Waals surface area contributed by atoms with Crippen molar-refractivity contribution in [3.63, 3.8) is 0 Å². The van der Waals surface area contributed by atoms with Crippen LogP contribution in [0.5, 0.6) is 0 Å². The van der Waals surface area contributed by atoms with Crippen molar-refractivity contribution in [2.24, 2.45) is 4.99 Å². The van der Waals surface area contributed by atoms with E-state index in [1.807, 2.05) is 52.5 Å². The molecule has 0 spiro atoms. The van der Waals surface area contributed by atoms with Crippen LogP contribution in [0.4, 0.5) is 17.1 Å². The minimum Gasteiger partial charge on any atom is -0.376 e. The van der Waals surface area contributed by atoms with Crippen LogP contribution in [0.3, 0.4) is 0 Å². The third-order valence-electron chi connectivity index (χ3n) is 3.92. The fourth-order valence-corrected chi connectivity index (χ4v) is 3.99. The summed E-state index contributed by atoms with van der Waals surface area (Å²) < 4.78 is 0. The third kappa shape index (κ3) is 2.93. The van der Waals surface area contributed by atoms with Gasteiger partial charge in [-0.1, -0.05) is 17.8 Å². The Morgan fingerprint density at radius 2 is 1.92 bits per heavy atom. The van der Waals surface area contributed by atoms with E-state index in [0.717, 1.165) is 32.2 Å². The summed E-state index contributed by atoms with van der Waals surface area (Å²) in [6.45, 7) is 7.14. The number of fused-ring (bicyclic) bond motifs is 2. The first-order valence-electron chi connectivity index (χ1n) is 7.66. The molecule has 0 saturated heterocycles. The Bertz CT molecular complexity index is 1040. The number of hydrogen-bond donors (Lipinski definition) is 0. The van der Waals surface area contributed by atoms with Crippen LogP contribution in [-0.4, -0.2) is 28.2 Å². The molecule has 0 atom stereocenters. The molecular formula is C19H17N5S. The van der Waals surface area contributed by atoms with E-state index in [-0.39, 0.29) is 5.70 Å². The smallest absolute Gasteiger partial charge is 0.269 e. The maximum atomic E-state index is 9.11. The van der Waals surface area contributed by atoms with Crippen LogP contribution in [0.1, 0.15) is 0 Å². The van der Waals surface area contributed by atoms with Gasteiger partial charge in [-0.15, -0.1) is 0 Å². The van der Waals surface area contributed by atoms with Crippen LogP contribution in [-0.2, 0) is 0 Å². The number of anilines is 2. The molecule has 6 heteroatoms. The SMILES string of the molecule is [C-]#[N+]C(C#N)=c1ccc2c(c1)Sc1c(ccc(N(C)C)c1N(C)C)N=2. The molecule has 2 aromatic carbocycles. The van der Waals surface area contributed by atoms with E-state index < -0.39 is 0 Å². The maximum absolute atomic E-state index is 9.11. The summed E-state index contributed by atoms with van der Waals surface area (Å²) in [5.41, 5.74) is 3.27. The van der Waals surface area contributed by atoms with Gasteiger partial charge in [-0.25, -0.2) is 15.1 Å². The third-order valence-corrected chi connectivity index (χ3v) is 5.08. The van der Waals surface area contributed by atoms with Crippen LogP contribution in [0.2, 0.25) is 0 Å². The molecule has 0 radical (unpaired) electrons. The molecule has 0 amide bonds. The van der Waals surface area contributed by atoms with Crippen molar-refractivity contribution in [2.75, 3.05) is 38.0 Å². The number of benzene rings is 2. The first-order chi connectivity index (χ1) is 12.0. The molecule has 1 aliphatic rings. The highest BCUT2D eigenvalue weighted by Gasteiger charge is 2.21. The number of rotatable bonds is 2. The lowest BCUT2D eigenvalue weighted by Gasteiger charge is -2.27. The summed E-state index contributed by atoms with van der Waals surface area (Å²) in [7, 11) is 8.09. The van der Waals surface area contributed by atoms with E-state index >= 15 is 0 Å². The summed E-state index contributed by atoms with van der Waals surface area (Å²) in [6, 6.07) is 11.6. The number of hydrogen-bond acceptors (Lipinski definition) is 5. The molecule has 1 heterocycles. The van der Waals surface area contributed by atoms with Crippen LogP contribution in [0.25, 0.3) is 10.5 Å². The molecule has 2 aromatic rings. The summed E-state index contributed by atoms with van der Waals surface area (Å²) in [5, 5.41) is 10.6. The molecule has 5 nitrogen and oxygen atoms in total. The van der Waals surface area contributed by atoms with Crippen molar-refractivity contribution in [1.82, 2.24) is 0 Å². The zero-order valence-corrected chi connectivity index (χ0v) is 15.3. The van der Waals surface area contributed by atoms with E-state index in [0.29, 0.717) is 5.22 Å². The molecule has 3 rings (SSSR count). The normalized spacial score (nSPS) is 12.7. The molecular weight excluding hydrogens is 330 g/mol. The predicted octanol–water partition coefficient (Wildman–Crippen LogP) is 2.79. The second-order valence-electron chi connectivity index (χ2n) is 6.04. The van der Waals surface area contributed by atoms with E-state index in [1.165, 1.54) is 0 Å². The van der Waals surface area contributed by atoms with Crippen molar-refractivity contribution in [3.8, 4) is 6.07 Å². The minimum absolute atomic E-state index is 0.101. The quantitative estimate of drug-likeness (QED) is 0.669. The number of nitriles is 1. The monoisotopic (exact) mass is 347 g/mol. The van der Waals surface area contributed by atoms with Crippen molar-refractivity contribution in [1.29, 1.82) is 5.26 Å². The molecule has 0 bridgehead atoms. The summed E-state index contributed by atoms with van der Waals surface area (Å²) in [6.07, 6.45) is 0. The van der Waals surface area contributed by atoms with Gasteiger partial charge in [0.05, 0.1) is 40.0 Å². The molecule has 0 unspecified atom stereocenters. The molecule has 0 aromatic heterocycles. The number of nitrogens with zero attached hydrogens (tertiary/aromatic N) is 5. The topological polar surface area (TPSA) is 47.0 Å². The van der Waals surface area contributed by atoms with Gasteiger partial charge in [0.15, 0.2) is 0 Å². The molecule has 25 heavy (non-hydrogen) atoms. The van der Waals surface area contributed by atoms with Crippen LogP contribution in [0.15, 0.2) is 45.1 Å². The highest BCUT2D eigenvalue weighted by molar-refractivity contribution is 7.99. The van der Waals surface area contributed by atoms with E-state index in [4.69, 9.17) is 16.8 Å². The Morgan fingerprint density at radius 3 is 2.52 bits per heavy atom. The molecule has 0 fully saturated rings. The second-order valence-corrected chi connectivity index (χ2v) is 7.09. The minimum atomic E-state index is 0.101. The molecule has 0 saturated carbocycles. The summed E-state index contributed by atoms with van der Waals surface area (Å²) >= 11 is 1.63. The summed E-state index contributed by atoms with van der Waals surface area (Å²) in [4.78, 5) is 14.3. The molecule has 1 aliphatic heterocycles. The van der Waals surface area contributed by atoms with Gasteiger partial charge in [-0.05, 0) is 29.5 Å². The highest BCUT2D eigenvalue weighted by Crippen LogP contribution is 2.46. The Hall–Kier alpha value is -2.96. The zero-order chi connectivity index (χ0) is 18.1. The maximum Gasteiger partial charge on any atom is 0.269 e. The fourth-order valence-electron chi connectivity index (χ4n) is 2.76. The van der Waals surface area contributed by atoms with Crippen molar-refractivity contribution in [2.45, 2.75) is 9.79 Å². The molecule has 124 valence electrons. The average Bonchev–Trinajstić information content (AvgIpc) is 2.59. The van der Waals surface area contributed by atoms with E-state index in [2.05, 4.69) is 20.7 Å². The Labute approximate surface area is 151 Å². The van der Waals surface area contributed by atoms with Gasteiger partial charge in [0.1, 0.15) is 0 Å². The summed E-state index contributed by atoms with van der Waals surface area (Å²) in [5.74, 6) is 0. The van der Waals surface area contributed by atoms with Gasteiger partial charge in [0, 0.05) is 33.1 Å². The standard InChI is InChI=1S/C19H17N5S/c1-21-15(11-20)12-6-7-13-17(10-12)25-19-14(22-13)8-9-16(23(2)3)18(19)24(4)5/h6-10H,2-5H3. The van der Waals surface area contributed by atoms with Crippen molar-refractivity contribution in [3.05, 3.63) is 52.3 Å².